The monoisotopic (exact) mass is 310 g/mol. The highest BCUT2D eigenvalue weighted by Crippen LogP contribution is 2.48. The van der Waals surface area contributed by atoms with Crippen molar-refractivity contribution < 1.29 is 8.42 Å². The Morgan fingerprint density at radius 1 is 1.24 bits per heavy atom. The van der Waals surface area contributed by atoms with Crippen LogP contribution in [0.3, 0.4) is 0 Å². The average molecular weight is 310 g/mol. The highest BCUT2D eigenvalue weighted by Gasteiger charge is 2.41. The number of nitrogens with one attached hydrogen (secondary N) is 2. The molecule has 21 heavy (non-hydrogen) atoms. The quantitative estimate of drug-likeness (QED) is 0.813. The van der Waals surface area contributed by atoms with Gasteiger partial charge in [0, 0.05) is 13.1 Å². The van der Waals surface area contributed by atoms with Crippen LogP contribution in [0.15, 0.2) is 17.0 Å². The molecule has 1 fully saturated rings. The van der Waals surface area contributed by atoms with Gasteiger partial charge in [-0.1, -0.05) is 13.0 Å². The van der Waals surface area contributed by atoms with Gasteiger partial charge in [-0.2, -0.15) is 0 Å². The normalized spacial score (nSPS) is 17.0. The molecule has 1 saturated carbocycles. The van der Waals surface area contributed by atoms with Gasteiger partial charge in [-0.3, -0.25) is 0 Å². The summed E-state index contributed by atoms with van der Waals surface area (Å²) in [6.45, 7) is 7.19. The molecule has 0 amide bonds. The van der Waals surface area contributed by atoms with Gasteiger partial charge in [-0.05, 0) is 68.3 Å². The number of benzene rings is 1. The predicted octanol–water partition coefficient (Wildman–Crippen LogP) is 2.49. The van der Waals surface area contributed by atoms with E-state index in [4.69, 9.17) is 0 Å². The van der Waals surface area contributed by atoms with E-state index in [1.807, 2.05) is 27.0 Å². The molecule has 1 aliphatic carbocycles. The fourth-order valence-electron chi connectivity index (χ4n) is 2.64. The van der Waals surface area contributed by atoms with Gasteiger partial charge in [0.25, 0.3) is 0 Å². The first-order valence-electron chi connectivity index (χ1n) is 7.58. The molecule has 1 aromatic rings. The standard InChI is InChI=1S/C16H26N2O2S/c1-5-16(6-7-16)11-18-21(19,20)15-9-14(10-17-4)8-12(2)13(15)3/h8-9,17-18H,5-7,10-11H2,1-4H3. The van der Waals surface area contributed by atoms with Crippen LogP contribution < -0.4 is 10.0 Å². The summed E-state index contributed by atoms with van der Waals surface area (Å²) in [5, 5.41) is 3.07. The van der Waals surface area contributed by atoms with Crippen LogP contribution in [0.1, 0.15) is 42.9 Å². The number of aryl methyl sites for hydroxylation is 1. The first kappa shape index (κ1) is 16.5. The maximum Gasteiger partial charge on any atom is 0.240 e. The van der Waals surface area contributed by atoms with Crippen LogP contribution in [-0.2, 0) is 16.6 Å². The van der Waals surface area contributed by atoms with Gasteiger partial charge in [0.2, 0.25) is 10.0 Å². The van der Waals surface area contributed by atoms with Crippen LogP contribution >= 0.6 is 0 Å². The second-order valence-electron chi connectivity index (χ2n) is 6.24. The first-order chi connectivity index (χ1) is 9.83. The topological polar surface area (TPSA) is 58.2 Å². The van der Waals surface area contributed by atoms with E-state index >= 15 is 0 Å². The second-order valence-corrected chi connectivity index (χ2v) is 7.98. The fourth-order valence-corrected chi connectivity index (χ4v) is 4.16. The van der Waals surface area contributed by atoms with Crippen molar-refractivity contribution in [3.8, 4) is 0 Å². The number of hydrogen-bond donors (Lipinski definition) is 2. The molecule has 0 aromatic heterocycles. The third-order valence-electron chi connectivity index (χ3n) is 4.69. The van der Waals surface area contributed by atoms with Gasteiger partial charge in [0.05, 0.1) is 4.90 Å². The van der Waals surface area contributed by atoms with Crippen LogP contribution in [0.5, 0.6) is 0 Å². The average Bonchev–Trinajstić information content (AvgIpc) is 3.21. The Hall–Kier alpha value is -0.910. The molecule has 1 aliphatic rings. The molecule has 2 N–H and O–H groups in total. The van der Waals surface area contributed by atoms with Gasteiger partial charge in [0.15, 0.2) is 0 Å². The lowest BCUT2D eigenvalue weighted by Gasteiger charge is -2.17. The summed E-state index contributed by atoms with van der Waals surface area (Å²) in [5.41, 5.74) is 3.06. The molecule has 5 heteroatoms. The molecule has 0 bridgehead atoms. The van der Waals surface area contributed by atoms with Gasteiger partial charge < -0.3 is 5.32 Å². The largest absolute Gasteiger partial charge is 0.316 e. The van der Waals surface area contributed by atoms with Crippen molar-refractivity contribution in [3.63, 3.8) is 0 Å². The maximum absolute atomic E-state index is 12.6. The van der Waals surface area contributed by atoms with Crippen molar-refractivity contribution in [2.24, 2.45) is 5.41 Å². The summed E-state index contributed by atoms with van der Waals surface area (Å²) in [6.07, 6.45) is 3.29. The Kier molecular flexibility index (Phi) is 4.76. The Labute approximate surface area is 128 Å². The smallest absolute Gasteiger partial charge is 0.240 e. The van der Waals surface area contributed by atoms with Crippen molar-refractivity contribution in [1.29, 1.82) is 0 Å². The van der Waals surface area contributed by atoms with E-state index in [2.05, 4.69) is 17.0 Å². The van der Waals surface area contributed by atoms with Crippen molar-refractivity contribution >= 4 is 10.0 Å². The molecular formula is C16H26N2O2S. The van der Waals surface area contributed by atoms with Crippen LogP contribution in [0.4, 0.5) is 0 Å². The van der Waals surface area contributed by atoms with Crippen molar-refractivity contribution in [3.05, 3.63) is 28.8 Å². The third kappa shape index (κ3) is 3.65. The zero-order valence-electron chi connectivity index (χ0n) is 13.4. The molecule has 0 unspecified atom stereocenters. The Morgan fingerprint density at radius 3 is 2.43 bits per heavy atom. The second kappa shape index (κ2) is 6.07. The molecule has 0 radical (unpaired) electrons. The van der Waals surface area contributed by atoms with E-state index in [1.165, 1.54) is 0 Å². The Balaban J connectivity index is 2.26. The van der Waals surface area contributed by atoms with Gasteiger partial charge in [-0.15, -0.1) is 0 Å². The highest BCUT2D eigenvalue weighted by molar-refractivity contribution is 7.89. The predicted molar refractivity (Wildman–Crippen MR) is 85.8 cm³/mol. The first-order valence-corrected chi connectivity index (χ1v) is 9.06. The summed E-state index contributed by atoms with van der Waals surface area (Å²) >= 11 is 0. The van der Waals surface area contributed by atoms with Crippen LogP contribution in [0.2, 0.25) is 0 Å². The molecule has 4 nitrogen and oxygen atoms in total. The summed E-state index contributed by atoms with van der Waals surface area (Å²) in [6, 6.07) is 3.83. The minimum absolute atomic E-state index is 0.207. The minimum Gasteiger partial charge on any atom is -0.316 e. The third-order valence-corrected chi connectivity index (χ3v) is 6.22. The fraction of sp³-hybridized carbons (Fsp3) is 0.625. The van der Waals surface area contributed by atoms with Crippen molar-refractivity contribution in [2.45, 2.75) is 51.5 Å². The Bertz CT molecular complexity index is 619. The lowest BCUT2D eigenvalue weighted by molar-refractivity contribution is 0.475. The summed E-state index contributed by atoms with van der Waals surface area (Å²) in [5.74, 6) is 0. The van der Waals surface area contributed by atoms with E-state index in [1.54, 1.807) is 6.07 Å². The minimum atomic E-state index is -3.44. The van der Waals surface area contributed by atoms with Crippen LogP contribution in [0.25, 0.3) is 0 Å². The molecule has 0 spiro atoms. The molecule has 0 atom stereocenters. The van der Waals surface area contributed by atoms with E-state index in [9.17, 15) is 8.42 Å². The summed E-state index contributed by atoms with van der Waals surface area (Å²) in [7, 11) is -1.57. The van der Waals surface area contributed by atoms with E-state index < -0.39 is 10.0 Å². The zero-order chi connectivity index (χ0) is 15.7. The van der Waals surface area contributed by atoms with E-state index in [0.717, 1.165) is 36.0 Å². The SMILES string of the molecule is CCC1(CNS(=O)(=O)c2cc(CNC)cc(C)c2C)CC1. The lowest BCUT2D eigenvalue weighted by Crippen LogP contribution is -2.30. The van der Waals surface area contributed by atoms with Crippen LogP contribution in [-0.4, -0.2) is 22.0 Å². The van der Waals surface area contributed by atoms with Gasteiger partial charge in [0.1, 0.15) is 0 Å². The van der Waals surface area contributed by atoms with Gasteiger partial charge >= 0.3 is 0 Å². The number of sulfonamides is 1. The summed E-state index contributed by atoms with van der Waals surface area (Å²) in [4.78, 5) is 0.416. The molecule has 118 valence electrons. The molecule has 0 aliphatic heterocycles. The molecule has 0 heterocycles. The zero-order valence-corrected chi connectivity index (χ0v) is 14.2. The molecule has 1 aromatic carbocycles. The van der Waals surface area contributed by atoms with Crippen LogP contribution in [0, 0.1) is 19.3 Å². The number of hydrogen-bond acceptors (Lipinski definition) is 3. The van der Waals surface area contributed by atoms with E-state index in [0.29, 0.717) is 18.0 Å². The van der Waals surface area contributed by atoms with Crippen molar-refractivity contribution in [2.75, 3.05) is 13.6 Å². The maximum atomic E-state index is 12.6. The van der Waals surface area contributed by atoms with Crippen molar-refractivity contribution in [1.82, 2.24) is 10.0 Å². The van der Waals surface area contributed by atoms with Gasteiger partial charge in [-0.25, -0.2) is 13.1 Å². The lowest BCUT2D eigenvalue weighted by atomic mass is 10.1. The van der Waals surface area contributed by atoms with E-state index in [-0.39, 0.29) is 5.41 Å². The molecular weight excluding hydrogens is 284 g/mol. The molecule has 0 saturated heterocycles. The molecule has 2 rings (SSSR count). The number of rotatable bonds is 7. The highest BCUT2D eigenvalue weighted by atomic mass is 32.2. The summed E-state index contributed by atoms with van der Waals surface area (Å²) < 4.78 is 28.1. The Morgan fingerprint density at radius 2 is 1.90 bits per heavy atom.